The normalized spacial score (nSPS) is 13.0. The molecule has 3 nitrogen and oxygen atoms in total. The topological polar surface area (TPSA) is 50.9 Å². The number of fused-ring (bicyclic) bond motifs is 1. The number of thiazole rings is 1. The Labute approximate surface area is 91.1 Å². The van der Waals surface area contributed by atoms with Crippen LogP contribution in [0.25, 0.3) is 10.2 Å². The second kappa shape index (κ2) is 4.12. The Hall–Kier alpha value is -1.20. The Morgan fingerprint density at radius 1 is 1.60 bits per heavy atom. The molecule has 0 amide bonds. The third-order valence-electron chi connectivity index (χ3n) is 1.95. The Morgan fingerprint density at radius 3 is 3.07 bits per heavy atom. The van der Waals surface area contributed by atoms with Gasteiger partial charge in [0, 0.05) is 12.6 Å². The standard InChI is InChI=1S/C10H12FN3S/c1-6(12)5-13-10-14-9-7(11)3-2-4-8(9)15-10/h2-4,6H,5,12H2,1H3,(H,13,14). The summed E-state index contributed by atoms with van der Waals surface area (Å²) < 4.78 is 14.1. The minimum absolute atomic E-state index is 0.0573. The minimum Gasteiger partial charge on any atom is -0.360 e. The lowest BCUT2D eigenvalue weighted by molar-refractivity contribution is 0.637. The average Bonchev–Trinajstić information content (AvgIpc) is 2.59. The fraction of sp³-hybridized carbons (Fsp3) is 0.300. The van der Waals surface area contributed by atoms with Crippen molar-refractivity contribution in [2.24, 2.45) is 5.73 Å². The van der Waals surface area contributed by atoms with E-state index in [-0.39, 0.29) is 11.9 Å². The zero-order valence-electron chi connectivity index (χ0n) is 8.33. The highest BCUT2D eigenvalue weighted by atomic mass is 32.1. The highest BCUT2D eigenvalue weighted by Gasteiger charge is 2.07. The van der Waals surface area contributed by atoms with Gasteiger partial charge in [-0.1, -0.05) is 17.4 Å². The average molecular weight is 225 g/mol. The van der Waals surface area contributed by atoms with Gasteiger partial charge in [-0.05, 0) is 19.1 Å². The van der Waals surface area contributed by atoms with E-state index in [1.165, 1.54) is 17.4 Å². The predicted molar refractivity (Wildman–Crippen MR) is 61.7 cm³/mol. The van der Waals surface area contributed by atoms with Crippen LogP contribution in [0.2, 0.25) is 0 Å². The zero-order valence-corrected chi connectivity index (χ0v) is 9.14. The summed E-state index contributed by atoms with van der Waals surface area (Å²) in [7, 11) is 0. The Bertz CT molecular complexity index is 467. The van der Waals surface area contributed by atoms with Crippen LogP contribution in [0.3, 0.4) is 0 Å². The van der Waals surface area contributed by atoms with E-state index >= 15 is 0 Å². The smallest absolute Gasteiger partial charge is 0.183 e. The van der Waals surface area contributed by atoms with E-state index < -0.39 is 0 Å². The van der Waals surface area contributed by atoms with Gasteiger partial charge in [0.05, 0.1) is 4.70 Å². The number of hydrogen-bond acceptors (Lipinski definition) is 4. The number of para-hydroxylation sites is 1. The summed E-state index contributed by atoms with van der Waals surface area (Å²) in [4.78, 5) is 4.16. The van der Waals surface area contributed by atoms with E-state index in [9.17, 15) is 4.39 Å². The number of halogens is 1. The molecule has 1 aromatic carbocycles. The number of hydrogen-bond donors (Lipinski definition) is 2. The van der Waals surface area contributed by atoms with Crippen molar-refractivity contribution in [1.82, 2.24) is 4.98 Å². The molecule has 0 aliphatic carbocycles. The summed E-state index contributed by atoms with van der Waals surface area (Å²) >= 11 is 1.44. The van der Waals surface area contributed by atoms with E-state index in [2.05, 4.69) is 10.3 Å². The van der Waals surface area contributed by atoms with Gasteiger partial charge in [-0.15, -0.1) is 0 Å². The number of anilines is 1. The molecule has 3 N–H and O–H groups in total. The third kappa shape index (κ3) is 2.24. The summed E-state index contributed by atoms with van der Waals surface area (Å²) in [6.45, 7) is 2.54. The van der Waals surface area contributed by atoms with Crippen molar-refractivity contribution in [2.45, 2.75) is 13.0 Å². The molecule has 0 saturated heterocycles. The highest BCUT2D eigenvalue weighted by Crippen LogP contribution is 2.27. The van der Waals surface area contributed by atoms with Crippen molar-refractivity contribution < 1.29 is 4.39 Å². The summed E-state index contributed by atoms with van der Waals surface area (Å²) in [5.41, 5.74) is 6.03. The van der Waals surface area contributed by atoms with Crippen molar-refractivity contribution in [1.29, 1.82) is 0 Å². The number of aromatic nitrogens is 1. The summed E-state index contributed by atoms with van der Waals surface area (Å²) in [6.07, 6.45) is 0. The molecule has 1 heterocycles. The van der Waals surface area contributed by atoms with Gasteiger partial charge in [0.25, 0.3) is 0 Å². The SMILES string of the molecule is CC(N)CNc1nc2c(F)cccc2s1. The predicted octanol–water partition coefficient (Wildman–Crippen LogP) is 2.19. The zero-order chi connectivity index (χ0) is 10.8. The second-order valence-electron chi connectivity index (χ2n) is 3.46. The van der Waals surface area contributed by atoms with Crippen molar-refractivity contribution in [2.75, 3.05) is 11.9 Å². The molecule has 0 saturated carbocycles. The lowest BCUT2D eigenvalue weighted by Crippen LogP contribution is -2.25. The monoisotopic (exact) mass is 225 g/mol. The molecule has 0 spiro atoms. The maximum absolute atomic E-state index is 13.3. The molecule has 1 atom stereocenters. The summed E-state index contributed by atoms with van der Waals surface area (Å²) in [6, 6.07) is 5.01. The van der Waals surface area contributed by atoms with Gasteiger partial charge in [0.1, 0.15) is 11.3 Å². The largest absolute Gasteiger partial charge is 0.360 e. The van der Waals surface area contributed by atoms with Crippen LogP contribution in [-0.2, 0) is 0 Å². The van der Waals surface area contributed by atoms with E-state index in [1.54, 1.807) is 6.07 Å². The first-order valence-corrected chi connectivity index (χ1v) is 5.53. The van der Waals surface area contributed by atoms with Gasteiger partial charge in [-0.2, -0.15) is 0 Å². The second-order valence-corrected chi connectivity index (χ2v) is 4.49. The Kier molecular flexibility index (Phi) is 2.83. The van der Waals surface area contributed by atoms with Crippen molar-refractivity contribution in [3.8, 4) is 0 Å². The van der Waals surface area contributed by atoms with Crippen molar-refractivity contribution in [3.63, 3.8) is 0 Å². The molecule has 2 rings (SSSR count). The Morgan fingerprint density at radius 2 is 2.40 bits per heavy atom. The van der Waals surface area contributed by atoms with Gasteiger partial charge in [0.2, 0.25) is 0 Å². The maximum atomic E-state index is 13.3. The first-order chi connectivity index (χ1) is 7.16. The molecule has 0 aliphatic heterocycles. The molecule has 0 fully saturated rings. The maximum Gasteiger partial charge on any atom is 0.183 e. The van der Waals surface area contributed by atoms with Gasteiger partial charge >= 0.3 is 0 Å². The minimum atomic E-state index is -0.280. The molecule has 15 heavy (non-hydrogen) atoms. The van der Waals surface area contributed by atoms with E-state index in [4.69, 9.17) is 5.73 Å². The van der Waals surface area contributed by atoms with Crippen LogP contribution in [0, 0.1) is 5.82 Å². The van der Waals surface area contributed by atoms with Crippen LogP contribution >= 0.6 is 11.3 Å². The fourth-order valence-corrected chi connectivity index (χ4v) is 2.13. The number of rotatable bonds is 3. The van der Waals surface area contributed by atoms with Crippen LogP contribution < -0.4 is 11.1 Å². The molecular weight excluding hydrogens is 213 g/mol. The van der Waals surface area contributed by atoms with Gasteiger partial charge in [-0.25, -0.2) is 9.37 Å². The summed E-state index contributed by atoms with van der Waals surface area (Å²) in [5, 5.41) is 3.79. The number of nitrogens with one attached hydrogen (secondary N) is 1. The molecule has 0 aliphatic rings. The highest BCUT2D eigenvalue weighted by molar-refractivity contribution is 7.22. The lowest BCUT2D eigenvalue weighted by atomic mass is 10.3. The van der Waals surface area contributed by atoms with Crippen LogP contribution in [-0.4, -0.2) is 17.6 Å². The first-order valence-electron chi connectivity index (χ1n) is 4.71. The van der Waals surface area contributed by atoms with Crippen LogP contribution in [0.4, 0.5) is 9.52 Å². The van der Waals surface area contributed by atoms with Gasteiger partial charge in [-0.3, -0.25) is 0 Å². The summed E-state index contributed by atoms with van der Waals surface area (Å²) in [5.74, 6) is -0.280. The fourth-order valence-electron chi connectivity index (χ4n) is 1.24. The van der Waals surface area contributed by atoms with Crippen molar-refractivity contribution in [3.05, 3.63) is 24.0 Å². The molecule has 5 heteroatoms. The number of nitrogens with zero attached hydrogens (tertiary/aromatic N) is 1. The van der Waals surface area contributed by atoms with Crippen LogP contribution in [0.1, 0.15) is 6.92 Å². The third-order valence-corrected chi connectivity index (χ3v) is 2.92. The van der Waals surface area contributed by atoms with Crippen LogP contribution in [0.5, 0.6) is 0 Å². The van der Waals surface area contributed by atoms with E-state index in [0.29, 0.717) is 17.2 Å². The van der Waals surface area contributed by atoms with Crippen molar-refractivity contribution >= 4 is 26.7 Å². The Balaban J connectivity index is 2.27. The molecular formula is C10H12FN3S. The van der Waals surface area contributed by atoms with Gasteiger partial charge < -0.3 is 11.1 Å². The first kappa shape index (κ1) is 10.3. The van der Waals surface area contributed by atoms with E-state index in [1.807, 2.05) is 13.0 Å². The van der Waals surface area contributed by atoms with E-state index in [0.717, 1.165) is 4.70 Å². The molecule has 0 radical (unpaired) electrons. The van der Waals surface area contributed by atoms with Gasteiger partial charge in [0.15, 0.2) is 5.13 Å². The molecule has 80 valence electrons. The molecule has 0 bridgehead atoms. The number of benzene rings is 1. The quantitative estimate of drug-likeness (QED) is 0.842. The van der Waals surface area contributed by atoms with Crippen LogP contribution in [0.15, 0.2) is 18.2 Å². The molecule has 1 unspecified atom stereocenters. The number of nitrogens with two attached hydrogens (primary N) is 1. The molecule has 2 aromatic rings. The lowest BCUT2D eigenvalue weighted by Gasteiger charge is -2.04. The molecule has 1 aromatic heterocycles.